The van der Waals surface area contributed by atoms with Gasteiger partial charge in [-0.2, -0.15) is 5.10 Å². The molecule has 0 saturated carbocycles. The Morgan fingerprint density at radius 3 is 2.74 bits per heavy atom. The van der Waals surface area contributed by atoms with Crippen LogP contribution in [0, 0.1) is 5.82 Å². The Balaban J connectivity index is 1.90. The van der Waals surface area contributed by atoms with Gasteiger partial charge in [0.2, 0.25) is 0 Å². The third-order valence-corrected chi connectivity index (χ3v) is 2.91. The number of amides is 2. The van der Waals surface area contributed by atoms with Gasteiger partial charge < -0.3 is 15.4 Å². The number of halogens is 1. The molecule has 0 bridgehead atoms. The summed E-state index contributed by atoms with van der Waals surface area (Å²) >= 11 is 0. The Kier molecular flexibility index (Phi) is 5.29. The smallest absolute Gasteiger partial charge is 0.313 e. The van der Waals surface area contributed by atoms with E-state index in [-0.39, 0.29) is 18.0 Å². The topological polar surface area (TPSA) is 85.2 Å². The summed E-state index contributed by atoms with van der Waals surface area (Å²) in [6, 6.07) is 3.94. The van der Waals surface area contributed by atoms with E-state index in [4.69, 9.17) is 4.74 Å². The molecule has 7 nitrogen and oxygen atoms in total. The van der Waals surface area contributed by atoms with E-state index in [2.05, 4.69) is 15.7 Å². The molecule has 0 spiro atoms. The SMILES string of the molecule is CCOc1ccc(NC(=O)C(=O)NCc2cnn(C)c2)cc1F. The molecule has 1 aromatic heterocycles. The lowest BCUT2D eigenvalue weighted by atomic mass is 10.3. The van der Waals surface area contributed by atoms with Crippen molar-refractivity contribution in [3.8, 4) is 5.75 Å². The monoisotopic (exact) mass is 320 g/mol. The highest BCUT2D eigenvalue weighted by atomic mass is 19.1. The summed E-state index contributed by atoms with van der Waals surface area (Å²) in [4.78, 5) is 23.5. The minimum atomic E-state index is -0.877. The first-order valence-electron chi connectivity index (χ1n) is 6.98. The normalized spacial score (nSPS) is 10.2. The molecule has 0 aliphatic carbocycles. The van der Waals surface area contributed by atoms with Gasteiger partial charge in [-0.05, 0) is 19.1 Å². The predicted molar refractivity (Wildman–Crippen MR) is 81.3 cm³/mol. The Labute approximate surface area is 132 Å². The Morgan fingerprint density at radius 1 is 1.35 bits per heavy atom. The van der Waals surface area contributed by atoms with E-state index < -0.39 is 17.6 Å². The molecular formula is C15H17FN4O3. The number of rotatable bonds is 5. The van der Waals surface area contributed by atoms with Crippen LogP contribution in [0.4, 0.5) is 10.1 Å². The number of anilines is 1. The zero-order valence-electron chi connectivity index (χ0n) is 12.8. The number of ether oxygens (including phenoxy) is 1. The number of hydrogen-bond acceptors (Lipinski definition) is 4. The molecule has 2 amide bonds. The molecule has 0 unspecified atom stereocenters. The lowest BCUT2D eigenvalue weighted by molar-refractivity contribution is -0.136. The van der Waals surface area contributed by atoms with E-state index >= 15 is 0 Å². The van der Waals surface area contributed by atoms with Crippen LogP contribution in [0.15, 0.2) is 30.6 Å². The van der Waals surface area contributed by atoms with Gasteiger partial charge in [-0.15, -0.1) is 0 Å². The second-order valence-corrected chi connectivity index (χ2v) is 4.74. The van der Waals surface area contributed by atoms with E-state index in [1.807, 2.05) is 0 Å². The zero-order chi connectivity index (χ0) is 16.8. The number of nitrogens with one attached hydrogen (secondary N) is 2. The van der Waals surface area contributed by atoms with Crippen molar-refractivity contribution in [3.05, 3.63) is 42.0 Å². The van der Waals surface area contributed by atoms with Crippen LogP contribution in [0.5, 0.6) is 5.75 Å². The molecule has 0 saturated heterocycles. The minimum Gasteiger partial charge on any atom is -0.491 e. The van der Waals surface area contributed by atoms with Gasteiger partial charge in [0.15, 0.2) is 11.6 Å². The van der Waals surface area contributed by atoms with Crippen LogP contribution in [0.25, 0.3) is 0 Å². The van der Waals surface area contributed by atoms with Crippen molar-refractivity contribution in [1.82, 2.24) is 15.1 Å². The van der Waals surface area contributed by atoms with E-state index in [1.54, 1.807) is 31.0 Å². The average molecular weight is 320 g/mol. The van der Waals surface area contributed by atoms with Crippen LogP contribution >= 0.6 is 0 Å². The number of benzene rings is 1. The molecule has 2 rings (SSSR count). The standard InChI is InChI=1S/C15H17FN4O3/c1-3-23-13-5-4-11(6-12(13)16)19-15(22)14(21)17-7-10-8-18-20(2)9-10/h4-6,8-9H,3,7H2,1-2H3,(H,17,21)(H,19,22). The summed E-state index contributed by atoms with van der Waals surface area (Å²) < 4.78 is 20.3. The molecule has 1 aromatic carbocycles. The highest BCUT2D eigenvalue weighted by Gasteiger charge is 2.14. The highest BCUT2D eigenvalue weighted by molar-refractivity contribution is 6.39. The van der Waals surface area contributed by atoms with Crippen LogP contribution in [0.2, 0.25) is 0 Å². The van der Waals surface area contributed by atoms with Gasteiger partial charge in [-0.1, -0.05) is 0 Å². The van der Waals surface area contributed by atoms with E-state index in [0.29, 0.717) is 6.61 Å². The van der Waals surface area contributed by atoms with Crippen LogP contribution in [0.1, 0.15) is 12.5 Å². The van der Waals surface area contributed by atoms with Crippen molar-refractivity contribution in [2.45, 2.75) is 13.5 Å². The first kappa shape index (κ1) is 16.5. The molecule has 0 fully saturated rings. The van der Waals surface area contributed by atoms with Crippen LogP contribution in [-0.4, -0.2) is 28.2 Å². The summed E-state index contributed by atoms with van der Waals surface area (Å²) in [6.07, 6.45) is 3.31. The third-order valence-electron chi connectivity index (χ3n) is 2.91. The molecule has 0 aliphatic rings. The summed E-state index contributed by atoms with van der Waals surface area (Å²) in [5.74, 6) is -2.22. The summed E-state index contributed by atoms with van der Waals surface area (Å²) in [5.41, 5.74) is 0.938. The van der Waals surface area contributed by atoms with Crippen molar-refractivity contribution in [2.24, 2.45) is 7.05 Å². The number of aromatic nitrogens is 2. The molecular weight excluding hydrogens is 303 g/mol. The van der Waals surface area contributed by atoms with Gasteiger partial charge in [-0.3, -0.25) is 14.3 Å². The molecule has 8 heteroatoms. The Bertz CT molecular complexity index is 714. The van der Waals surface area contributed by atoms with Gasteiger partial charge in [0.05, 0.1) is 12.8 Å². The molecule has 0 atom stereocenters. The molecule has 0 radical (unpaired) electrons. The molecule has 1 heterocycles. The summed E-state index contributed by atoms with van der Waals surface area (Å²) in [7, 11) is 1.75. The van der Waals surface area contributed by atoms with Gasteiger partial charge >= 0.3 is 11.8 Å². The number of aryl methyl sites for hydroxylation is 1. The molecule has 0 aliphatic heterocycles. The van der Waals surface area contributed by atoms with Crippen molar-refractivity contribution in [3.63, 3.8) is 0 Å². The average Bonchev–Trinajstić information content (AvgIpc) is 2.93. The summed E-state index contributed by atoms with van der Waals surface area (Å²) in [5, 5.41) is 8.73. The number of carbonyl (C=O) groups is 2. The third kappa shape index (κ3) is 4.53. The van der Waals surface area contributed by atoms with Gasteiger partial charge in [0, 0.05) is 37.1 Å². The maximum absolute atomic E-state index is 13.7. The van der Waals surface area contributed by atoms with Crippen LogP contribution in [0.3, 0.4) is 0 Å². The highest BCUT2D eigenvalue weighted by Crippen LogP contribution is 2.21. The zero-order valence-corrected chi connectivity index (χ0v) is 12.8. The van der Waals surface area contributed by atoms with Crippen molar-refractivity contribution >= 4 is 17.5 Å². The minimum absolute atomic E-state index is 0.0894. The Hall–Kier alpha value is -2.90. The predicted octanol–water partition coefficient (Wildman–Crippen LogP) is 1.21. The lowest BCUT2D eigenvalue weighted by Crippen LogP contribution is -2.34. The van der Waals surface area contributed by atoms with E-state index in [0.717, 1.165) is 11.6 Å². The first-order valence-corrected chi connectivity index (χ1v) is 6.98. The fraction of sp³-hybridized carbons (Fsp3) is 0.267. The van der Waals surface area contributed by atoms with Crippen molar-refractivity contribution in [1.29, 1.82) is 0 Å². The van der Waals surface area contributed by atoms with Crippen molar-refractivity contribution < 1.29 is 18.7 Å². The van der Waals surface area contributed by atoms with Crippen LogP contribution < -0.4 is 15.4 Å². The second kappa shape index (κ2) is 7.39. The van der Waals surface area contributed by atoms with E-state index in [9.17, 15) is 14.0 Å². The van der Waals surface area contributed by atoms with E-state index in [1.165, 1.54) is 12.1 Å². The molecule has 122 valence electrons. The van der Waals surface area contributed by atoms with Crippen LogP contribution in [-0.2, 0) is 23.2 Å². The number of hydrogen-bond donors (Lipinski definition) is 2. The summed E-state index contributed by atoms with van der Waals surface area (Å²) in [6.45, 7) is 2.25. The maximum atomic E-state index is 13.7. The van der Waals surface area contributed by atoms with Gasteiger partial charge in [-0.25, -0.2) is 4.39 Å². The van der Waals surface area contributed by atoms with Crippen molar-refractivity contribution in [2.75, 3.05) is 11.9 Å². The first-order chi connectivity index (χ1) is 11.0. The second-order valence-electron chi connectivity index (χ2n) is 4.74. The van der Waals surface area contributed by atoms with Gasteiger partial charge in [0.1, 0.15) is 0 Å². The largest absolute Gasteiger partial charge is 0.491 e. The number of nitrogens with zero attached hydrogens (tertiary/aromatic N) is 2. The molecule has 2 N–H and O–H groups in total. The maximum Gasteiger partial charge on any atom is 0.313 e. The quantitative estimate of drug-likeness (QED) is 0.811. The lowest BCUT2D eigenvalue weighted by Gasteiger charge is -2.08. The Morgan fingerprint density at radius 2 is 2.13 bits per heavy atom. The fourth-order valence-electron chi connectivity index (χ4n) is 1.86. The number of carbonyl (C=O) groups excluding carboxylic acids is 2. The van der Waals surface area contributed by atoms with Gasteiger partial charge in [0.25, 0.3) is 0 Å². The fourth-order valence-corrected chi connectivity index (χ4v) is 1.86. The molecule has 2 aromatic rings. The molecule has 23 heavy (non-hydrogen) atoms.